The molecule has 1 unspecified atom stereocenters. The number of benzene rings is 2. The van der Waals surface area contributed by atoms with E-state index in [0.717, 1.165) is 40.6 Å². The minimum atomic E-state index is -0.284. The molecule has 1 N–H and O–H groups in total. The molecule has 0 saturated heterocycles. The number of hydrogen-bond acceptors (Lipinski definition) is 4. The van der Waals surface area contributed by atoms with Gasteiger partial charge in [0.05, 0.1) is 23.3 Å². The average Bonchev–Trinajstić information content (AvgIpc) is 3.09. The van der Waals surface area contributed by atoms with Crippen molar-refractivity contribution in [3.63, 3.8) is 0 Å². The van der Waals surface area contributed by atoms with Gasteiger partial charge in [0.15, 0.2) is 0 Å². The summed E-state index contributed by atoms with van der Waals surface area (Å²) in [5.41, 5.74) is 2.59. The van der Waals surface area contributed by atoms with Gasteiger partial charge in [-0.2, -0.15) is 0 Å². The van der Waals surface area contributed by atoms with Crippen LogP contribution >= 0.6 is 0 Å². The molecule has 4 nitrogen and oxygen atoms in total. The number of aliphatic hydroxyl groups excluding tert-OH is 1. The lowest BCUT2D eigenvalue weighted by atomic mass is 10.1. The van der Waals surface area contributed by atoms with Crippen molar-refractivity contribution in [1.82, 2.24) is 4.98 Å². The van der Waals surface area contributed by atoms with Crippen LogP contribution in [0, 0.1) is 0 Å². The standard InChI is InChI=1S/C21H19NO3/c1-14(23)6-7-15-8-10-16(11-9-15)25-20-17-4-2-3-5-19(17)22-21-18(20)12-13-24-21/h2-5,8-14,23H,6-7H2,1H3. The van der Waals surface area contributed by atoms with Crippen LogP contribution in [0.25, 0.3) is 22.0 Å². The van der Waals surface area contributed by atoms with Crippen molar-refractivity contribution in [1.29, 1.82) is 0 Å². The quantitative estimate of drug-likeness (QED) is 0.553. The topological polar surface area (TPSA) is 55.5 Å². The summed E-state index contributed by atoms with van der Waals surface area (Å²) in [4.78, 5) is 4.52. The Morgan fingerprint density at radius 2 is 1.84 bits per heavy atom. The highest BCUT2D eigenvalue weighted by Crippen LogP contribution is 2.36. The Hall–Kier alpha value is -2.85. The Morgan fingerprint density at radius 1 is 1.04 bits per heavy atom. The number of aliphatic hydroxyl groups is 1. The van der Waals surface area contributed by atoms with Gasteiger partial charge in [-0.3, -0.25) is 0 Å². The molecule has 2 aromatic carbocycles. The molecule has 0 aliphatic rings. The van der Waals surface area contributed by atoms with Crippen LogP contribution in [0.2, 0.25) is 0 Å². The Balaban J connectivity index is 1.68. The van der Waals surface area contributed by atoms with Crippen LogP contribution in [0.5, 0.6) is 11.5 Å². The number of ether oxygens (including phenoxy) is 1. The van der Waals surface area contributed by atoms with E-state index in [1.807, 2.05) is 61.5 Å². The highest BCUT2D eigenvalue weighted by molar-refractivity contribution is 5.99. The molecule has 0 aliphatic heterocycles. The average molecular weight is 333 g/mol. The van der Waals surface area contributed by atoms with E-state index in [1.165, 1.54) is 5.56 Å². The molecule has 4 heteroatoms. The summed E-state index contributed by atoms with van der Waals surface area (Å²) in [5, 5.41) is 11.2. The van der Waals surface area contributed by atoms with Gasteiger partial charge in [0, 0.05) is 5.39 Å². The molecule has 126 valence electrons. The number of hydrogen-bond donors (Lipinski definition) is 1. The molecule has 0 spiro atoms. The number of fused-ring (bicyclic) bond motifs is 2. The number of furan rings is 1. The van der Waals surface area contributed by atoms with E-state index in [2.05, 4.69) is 4.98 Å². The summed E-state index contributed by atoms with van der Waals surface area (Å²) in [7, 11) is 0. The number of para-hydroxylation sites is 1. The van der Waals surface area contributed by atoms with Gasteiger partial charge in [0.1, 0.15) is 11.5 Å². The second-order valence-electron chi connectivity index (χ2n) is 6.23. The van der Waals surface area contributed by atoms with E-state index in [-0.39, 0.29) is 6.10 Å². The zero-order valence-electron chi connectivity index (χ0n) is 14.0. The molecule has 0 amide bonds. The lowest BCUT2D eigenvalue weighted by Gasteiger charge is -2.11. The van der Waals surface area contributed by atoms with Crippen molar-refractivity contribution in [3.8, 4) is 11.5 Å². The zero-order chi connectivity index (χ0) is 17.2. The first-order valence-electron chi connectivity index (χ1n) is 8.41. The van der Waals surface area contributed by atoms with Crippen LogP contribution in [0.4, 0.5) is 0 Å². The molecule has 4 rings (SSSR count). The Labute approximate surface area is 145 Å². The summed E-state index contributed by atoms with van der Waals surface area (Å²) in [6.45, 7) is 1.81. The SMILES string of the molecule is CC(O)CCc1ccc(Oc2c3ccccc3nc3occc23)cc1. The number of pyridine rings is 1. The molecule has 0 bridgehead atoms. The van der Waals surface area contributed by atoms with Crippen molar-refractivity contribution in [2.45, 2.75) is 25.9 Å². The summed E-state index contributed by atoms with van der Waals surface area (Å²) in [6, 6.07) is 17.7. The second-order valence-corrected chi connectivity index (χ2v) is 6.23. The maximum atomic E-state index is 9.40. The third-order valence-electron chi connectivity index (χ3n) is 4.25. The summed E-state index contributed by atoms with van der Waals surface area (Å²) < 4.78 is 11.7. The van der Waals surface area contributed by atoms with E-state index in [0.29, 0.717) is 5.71 Å². The molecular formula is C21H19NO3. The van der Waals surface area contributed by atoms with Crippen molar-refractivity contribution in [2.75, 3.05) is 0 Å². The molecule has 0 aliphatic carbocycles. The molecule has 2 aromatic heterocycles. The fourth-order valence-corrected chi connectivity index (χ4v) is 2.91. The predicted molar refractivity (Wildman–Crippen MR) is 98.0 cm³/mol. The van der Waals surface area contributed by atoms with Crippen molar-refractivity contribution in [3.05, 3.63) is 66.4 Å². The molecule has 0 saturated carbocycles. The first kappa shape index (κ1) is 15.7. The summed E-state index contributed by atoms with van der Waals surface area (Å²) >= 11 is 0. The number of aromatic nitrogens is 1. The number of aryl methyl sites for hydroxylation is 1. The smallest absolute Gasteiger partial charge is 0.230 e. The minimum absolute atomic E-state index is 0.284. The van der Waals surface area contributed by atoms with Gasteiger partial charge in [-0.25, -0.2) is 4.98 Å². The maximum absolute atomic E-state index is 9.40. The van der Waals surface area contributed by atoms with Crippen molar-refractivity contribution in [2.24, 2.45) is 0 Å². The van der Waals surface area contributed by atoms with Gasteiger partial charge in [-0.15, -0.1) is 0 Å². The first-order valence-corrected chi connectivity index (χ1v) is 8.41. The van der Waals surface area contributed by atoms with Crippen LogP contribution in [-0.4, -0.2) is 16.2 Å². The third-order valence-corrected chi connectivity index (χ3v) is 4.25. The molecule has 25 heavy (non-hydrogen) atoms. The Bertz CT molecular complexity index is 1000. The lowest BCUT2D eigenvalue weighted by molar-refractivity contribution is 0.185. The van der Waals surface area contributed by atoms with Crippen LogP contribution < -0.4 is 4.74 Å². The van der Waals surface area contributed by atoms with Crippen LogP contribution in [0.1, 0.15) is 18.9 Å². The number of rotatable bonds is 5. The number of nitrogens with zero attached hydrogens (tertiary/aromatic N) is 1. The predicted octanol–water partition coefficient (Wildman–Crippen LogP) is 5.09. The molecule has 4 aromatic rings. The van der Waals surface area contributed by atoms with Gasteiger partial charge in [0.25, 0.3) is 0 Å². The summed E-state index contributed by atoms with van der Waals surface area (Å²) in [5.74, 6) is 1.52. The Morgan fingerprint density at radius 3 is 2.64 bits per heavy atom. The van der Waals surface area contributed by atoms with E-state index in [1.54, 1.807) is 6.26 Å². The fraction of sp³-hybridized carbons (Fsp3) is 0.190. The van der Waals surface area contributed by atoms with Gasteiger partial charge in [-0.05, 0) is 55.7 Å². The molecular weight excluding hydrogens is 314 g/mol. The van der Waals surface area contributed by atoms with Crippen molar-refractivity contribution < 1.29 is 14.3 Å². The van der Waals surface area contributed by atoms with Crippen LogP contribution in [0.15, 0.2) is 65.3 Å². The van der Waals surface area contributed by atoms with Gasteiger partial charge >= 0.3 is 0 Å². The molecule has 1 atom stereocenters. The van der Waals surface area contributed by atoms with Gasteiger partial charge < -0.3 is 14.3 Å². The molecule has 0 radical (unpaired) electrons. The van der Waals surface area contributed by atoms with Gasteiger partial charge in [-0.1, -0.05) is 24.3 Å². The fourth-order valence-electron chi connectivity index (χ4n) is 2.91. The first-order chi connectivity index (χ1) is 12.2. The normalized spacial score (nSPS) is 12.6. The highest BCUT2D eigenvalue weighted by atomic mass is 16.5. The monoisotopic (exact) mass is 333 g/mol. The summed E-state index contributed by atoms with van der Waals surface area (Å²) in [6.07, 6.45) is 2.95. The highest BCUT2D eigenvalue weighted by Gasteiger charge is 2.13. The molecule has 2 heterocycles. The molecule has 0 fully saturated rings. The van der Waals surface area contributed by atoms with E-state index >= 15 is 0 Å². The minimum Gasteiger partial charge on any atom is -0.456 e. The lowest BCUT2D eigenvalue weighted by Crippen LogP contribution is -2.01. The van der Waals surface area contributed by atoms with Gasteiger partial charge in [0.2, 0.25) is 5.71 Å². The van der Waals surface area contributed by atoms with Crippen LogP contribution in [0.3, 0.4) is 0 Å². The largest absolute Gasteiger partial charge is 0.456 e. The maximum Gasteiger partial charge on any atom is 0.230 e. The second kappa shape index (κ2) is 6.57. The Kier molecular flexibility index (Phi) is 4.12. The van der Waals surface area contributed by atoms with E-state index in [4.69, 9.17) is 9.15 Å². The van der Waals surface area contributed by atoms with Crippen LogP contribution in [-0.2, 0) is 6.42 Å². The zero-order valence-corrected chi connectivity index (χ0v) is 14.0. The van der Waals surface area contributed by atoms with E-state index in [9.17, 15) is 5.11 Å². The third kappa shape index (κ3) is 3.21. The van der Waals surface area contributed by atoms with Crippen molar-refractivity contribution >= 4 is 22.0 Å². The van der Waals surface area contributed by atoms with E-state index < -0.39 is 0 Å².